The molecule has 0 unspecified atom stereocenters. The first kappa shape index (κ1) is 16.6. The second-order valence-electron chi connectivity index (χ2n) is 5.67. The molecule has 0 aliphatic carbocycles. The summed E-state index contributed by atoms with van der Waals surface area (Å²) in [6, 6.07) is 15.3. The summed E-state index contributed by atoms with van der Waals surface area (Å²) < 4.78 is 10.7. The van der Waals surface area contributed by atoms with Crippen LogP contribution in [0, 0.1) is 0 Å². The zero-order chi connectivity index (χ0) is 17.9. The molecule has 1 aliphatic heterocycles. The number of carbonyl (C=O) groups is 1. The molecule has 1 aromatic heterocycles. The summed E-state index contributed by atoms with van der Waals surface area (Å²) in [5, 5.41) is 3.68. The Labute approximate surface area is 154 Å². The summed E-state index contributed by atoms with van der Waals surface area (Å²) in [5.41, 5.74) is 2.22. The molecule has 3 aromatic rings. The lowest BCUT2D eigenvalue weighted by atomic mass is 10.2. The van der Waals surface area contributed by atoms with Gasteiger partial charge in [-0.3, -0.25) is 9.63 Å². The van der Waals surface area contributed by atoms with Gasteiger partial charge in [-0.05, 0) is 23.8 Å². The summed E-state index contributed by atoms with van der Waals surface area (Å²) in [6.45, 7) is 0.548. The molecule has 0 N–H and O–H groups in total. The normalized spacial score (nSPS) is 12.2. The molecule has 26 heavy (non-hydrogen) atoms. The molecular weight excluding hydrogens is 352 g/mol. The smallest absolute Gasteiger partial charge is 0.296 e. The highest BCUT2D eigenvalue weighted by Crippen LogP contribution is 2.36. The average Bonchev–Trinajstić information content (AvgIpc) is 3.35. The lowest BCUT2D eigenvalue weighted by Gasteiger charge is -2.15. The van der Waals surface area contributed by atoms with Crippen molar-refractivity contribution in [2.75, 3.05) is 13.8 Å². The number of ether oxygens (including phenoxy) is 2. The Morgan fingerprint density at radius 2 is 2.00 bits per heavy atom. The van der Waals surface area contributed by atoms with Gasteiger partial charge < -0.3 is 9.47 Å². The minimum atomic E-state index is -0.288. The van der Waals surface area contributed by atoms with Gasteiger partial charge in [0.25, 0.3) is 5.91 Å². The monoisotopic (exact) mass is 368 g/mol. The number of benzene rings is 2. The summed E-state index contributed by atoms with van der Waals surface area (Å²) in [6.07, 6.45) is 0. The molecule has 0 fully saturated rings. The van der Waals surface area contributed by atoms with Crippen LogP contribution in [0.15, 0.2) is 53.9 Å². The third kappa shape index (κ3) is 3.40. The van der Waals surface area contributed by atoms with E-state index in [1.807, 2.05) is 48.5 Å². The van der Waals surface area contributed by atoms with Gasteiger partial charge in [0.2, 0.25) is 6.79 Å². The van der Waals surface area contributed by atoms with E-state index >= 15 is 0 Å². The zero-order valence-corrected chi connectivity index (χ0v) is 14.9. The Morgan fingerprint density at radius 3 is 2.85 bits per heavy atom. The van der Waals surface area contributed by atoms with E-state index in [-0.39, 0.29) is 12.7 Å². The minimum absolute atomic E-state index is 0.226. The molecule has 4 rings (SSSR count). The number of amides is 1. The maximum absolute atomic E-state index is 12.5. The van der Waals surface area contributed by atoms with E-state index in [4.69, 9.17) is 14.3 Å². The predicted octanol–water partition coefficient (Wildman–Crippen LogP) is 3.74. The fourth-order valence-corrected chi connectivity index (χ4v) is 3.29. The van der Waals surface area contributed by atoms with E-state index < -0.39 is 0 Å². The second-order valence-corrected chi connectivity index (χ2v) is 6.53. The molecule has 7 heteroatoms. The van der Waals surface area contributed by atoms with E-state index in [9.17, 15) is 4.79 Å². The van der Waals surface area contributed by atoms with E-state index in [2.05, 4.69) is 4.98 Å². The Balaban J connectivity index is 1.44. The number of rotatable bonds is 5. The van der Waals surface area contributed by atoms with Crippen molar-refractivity contribution in [1.29, 1.82) is 0 Å². The molecular formula is C19H16N2O4S. The molecule has 0 atom stereocenters. The first-order valence-corrected chi connectivity index (χ1v) is 8.89. The highest BCUT2D eigenvalue weighted by Gasteiger charge is 2.19. The topological polar surface area (TPSA) is 60.9 Å². The number of carbonyl (C=O) groups excluding carboxylic acids is 1. The van der Waals surface area contributed by atoms with Gasteiger partial charge in [0.1, 0.15) is 17.3 Å². The molecule has 132 valence electrons. The summed E-state index contributed by atoms with van der Waals surface area (Å²) in [5.74, 6) is 1.12. The summed E-state index contributed by atoms with van der Waals surface area (Å²) >= 11 is 1.40. The van der Waals surface area contributed by atoms with Crippen LogP contribution in [0.3, 0.4) is 0 Å². The van der Waals surface area contributed by atoms with Crippen LogP contribution in [-0.2, 0) is 11.4 Å². The quantitative estimate of drug-likeness (QED) is 0.642. The first-order valence-electron chi connectivity index (χ1n) is 8.01. The maximum Gasteiger partial charge on any atom is 0.296 e. The minimum Gasteiger partial charge on any atom is -0.454 e. The van der Waals surface area contributed by atoms with Crippen molar-refractivity contribution in [3.63, 3.8) is 0 Å². The highest BCUT2D eigenvalue weighted by molar-refractivity contribution is 7.13. The van der Waals surface area contributed by atoms with Gasteiger partial charge in [-0.15, -0.1) is 11.3 Å². The SMILES string of the molecule is CN(OCc1ccccc1)C(=O)c1csc(-c2ccc3c(c2)OCO3)n1. The van der Waals surface area contributed by atoms with Gasteiger partial charge in [-0.2, -0.15) is 0 Å². The third-order valence-corrected chi connectivity index (χ3v) is 4.79. The van der Waals surface area contributed by atoms with Crippen LogP contribution in [-0.4, -0.2) is 29.8 Å². The second kappa shape index (κ2) is 7.15. The van der Waals surface area contributed by atoms with Gasteiger partial charge in [0, 0.05) is 18.0 Å². The van der Waals surface area contributed by atoms with Crippen LogP contribution in [0.25, 0.3) is 10.6 Å². The Morgan fingerprint density at radius 1 is 1.19 bits per heavy atom. The molecule has 0 saturated carbocycles. The van der Waals surface area contributed by atoms with E-state index in [1.165, 1.54) is 16.4 Å². The Hall–Kier alpha value is -2.90. The van der Waals surface area contributed by atoms with Gasteiger partial charge in [0.05, 0.1) is 0 Å². The molecule has 0 radical (unpaired) electrons. The number of hydroxylamine groups is 2. The number of hydrogen-bond acceptors (Lipinski definition) is 6. The van der Waals surface area contributed by atoms with Crippen molar-refractivity contribution in [3.05, 3.63) is 65.2 Å². The molecule has 1 amide bonds. The molecule has 0 spiro atoms. The number of aromatic nitrogens is 1. The van der Waals surface area contributed by atoms with Crippen LogP contribution < -0.4 is 9.47 Å². The molecule has 6 nitrogen and oxygen atoms in total. The number of fused-ring (bicyclic) bond motifs is 1. The third-order valence-electron chi connectivity index (χ3n) is 3.90. The van der Waals surface area contributed by atoms with E-state index in [0.29, 0.717) is 18.1 Å². The van der Waals surface area contributed by atoms with Gasteiger partial charge >= 0.3 is 0 Å². The Kier molecular flexibility index (Phi) is 4.55. The van der Waals surface area contributed by atoms with Crippen molar-refractivity contribution in [1.82, 2.24) is 10.0 Å². The summed E-state index contributed by atoms with van der Waals surface area (Å²) in [7, 11) is 1.59. The van der Waals surface area contributed by atoms with E-state index in [1.54, 1.807) is 12.4 Å². The lowest BCUT2D eigenvalue weighted by molar-refractivity contribution is -0.116. The predicted molar refractivity (Wildman–Crippen MR) is 97.0 cm³/mol. The zero-order valence-electron chi connectivity index (χ0n) is 14.0. The van der Waals surface area contributed by atoms with Crippen LogP contribution in [0.1, 0.15) is 16.1 Å². The number of nitrogens with zero attached hydrogens (tertiary/aromatic N) is 2. The van der Waals surface area contributed by atoms with Crippen LogP contribution in [0.5, 0.6) is 11.5 Å². The maximum atomic E-state index is 12.5. The molecule has 0 saturated heterocycles. The van der Waals surface area contributed by atoms with Crippen molar-refractivity contribution in [3.8, 4) is 22.1 Å². The summed E-state index contributed by atoms with van der Waals surface area (Å²) in [4.78, 5) is 22.5. The van der Waals surface area contributed by atoms with Crippen LogP contribution >= 0.6 is 11.3 Å². The number of hydrogen-bond donors (Lipinski definition) is 0. The Bertz CT molecular complexity index is 926. The van der Waals surface area contributed by atoms with Gasteiger partial charge in [0.15, 0.2) is 11.5 Å². The molecule has 2 aromatic carbocycles. The van der Waals surface area contributed by atoms with E-state index in [0.717, 1.165) is 21.9 Å². The highest BCUT2D eigenvalue weighted by atomic mass is 32.1. The fraction of sp³-hybridized carbons (Fsp3) is 0.158. The number of thiazole rings is 1. The van der Waals surface area contributed by atoms with Crippen molar-refractivity contribution in [2.24, 2.45) is 0 Å². The molecule has 2 heterocycles. The lowest BCUT2D eigenvalue weighted by Crippen LogP contribution is -2.27. The van der Waals surface area contributed by atoms with Gasteiger partial charge in [-0.25, -0.2) is 10.0 Å². The fourth-order valence-electron chi connectivity index (χ4n) is 2.50. The standard InChI is InChI=1S/C19H16N2O4S/c1-21(25-10-13-5-3-2-4-6-13)19(22)15-11-26-18(20-15)14-7-8-16-17(9-14)24-12-23-16/h2-9,11H,10,12H2,1H3. The average molecular weight is 368 g/mol. The first-order chi connectivity index (χ1) is 12.7. The van der Waals surface area contributed by atoms with Crippen molar-refractivity contribution < 1.29 is 19.1 Å². The van der Waals surface area contributed by atoms with Crippen molar-refractivity contribution in [2.45, 2.75) is 6.61 Å². The van der Waals surface area contributed by atoms with Crippen LogP contribution in [0.4, 0.5) is 0 Å². The van der Waals surface area contributed by atoms with Crippen molar-refractivity contribution >= 4 is 17.2 Å². The van der Waals surface area contributed by atoms with Gasteiger partial charge in [-0.1, -0.05) is 30.3 Å². The molecule has 1 aliphatic rings. The molecule has 0 bridgehead atoms. The largest absolute Gasteiger partial charge is 0.454 e. The van der Waals surface area contributed by atoms with Crippen LogP contribution in [0.2, 0.25) is 0 Å².